The van der Waals surface area contributed by atoms with Gasteiger partial charge >= 0.3 is 0 Å². The summed E-state index contributed by atoms with van der Waals surface area (Å²) in [5.41, 5.74) is 0. The van der Waals surface area contributed by atoms with Crippen molar-refractivity contribution in [3.8, 4) is 5.75 Å². The lowest BCUT2D eigenvalue weighted by atomic mass is 10.2. The predicted octanol–water partition coefficient (Wildman–Crippen LogP) is 1.83. The number of nitrogens with zero attached hydrogens (tertiary/aromatic N) is 1. The third-order valence-electron chi connectivity index (χ3n) is 3.73. The van der Waals surface area contributed by atoms with Crippen LogP contribution < -0.4 is 0 Å². The van der Waals surface area contributed by atoms with Crippen LogP contribution in [-0.4, -0.2) is 44.1 Å². The summed E-state index contributed by atoms with van der Waals surface area (Å²) in [6, 6.07) is 5.98. The molecule has 1 unspecified atom stereocenters. The van der Waals surface area contributed by atoms with Crippen LogP contribution in [0.3, 0.4) is 0 Å². The Kier molecular flexibility index (Phi) is 4.67. The summed E-state index contributed by atoms with van der Waals surface area (Å²) in [6.45, 7) is 2.56. The minimum absolute atomic E-state index is 0.0383. The standard InChI is InChI=1S/C14H21NO4S/c1-11(12-7-8-12)15(9-10-19-2)20(17,18)14-6-4-3-5-13(14)16/h3-6,11-12,16H,7-10H2,1-2H3. The highest BCUT2D eigenvalue weighted by molar-refractivity contribution is 7.89. The van der Waals surface area contributed by atoms with Crippen LogP contribution in [0.2, 0.25) is 0 Å². The molecule has 6 heteroatoms. The second-order valence-electron chi connectivity index (χ2n) is 5.15. The van der Waals surface area contributed by atoms with E-state index in [1.807, 2.05) is 6.92 Å². The van der Waals surface area contributed by atoms with Crippen LogP contribution in [0.5, 0.6) is 5.75 Å². The summed E-state index contributed by atoms with van der Waals surface area (Å²) >= 11 is 0. The lowest BCUT2D eigenvalue weighted by Crippen LogP contribution is -2.41. The lowest BCUT2D eigenvalue weighted by Gasteiger charge is -2.28. The highest BCUT2D eigenvalue weighted by atomic mass is 32.2. The number of methoxy groups -OCH3 is 1. The molecule has 112 valence electrons. The molecule has 1 atom stereocenters. The third-order valence-corrected chi connectivity index (χ3v) is 5.76. The monoisotopic (exact) mass is 299 g/mol. The summed E-state index contributed by atoms with van der Waals surface area (Å²) in [7, 11) is -2.16. The zero-order chi connectivity index (χ0) is 14.8. The second kappa shape index (κ2) is 6.11. The third kappa shape index (κ3) is 3.13. The van der Waals surface area contributed by atoms with Crippen LogP contribution in [0.4, 0.5) is 0 Å². The first kappa shape index (κ1) is 15.3. The van der Waals surface area contributed by atoms with Gasteiger partial charge in [-0.25, -0.2) is 8.42 Å². The number of phenolic OH excluding ortho intramolecular Hbond substituents is 1. The molecule has 0 heterocycles. The van der Waals surface area contributed by atoms with Crippen molar-refractivity contribution in [1.82, 2.24) is 4.31 Å². The number of phenols is 1. The van der Waals surface area contributed by atoms with Crippen molar-refractivity contribution in [2.75, 3.05) is 20.3 Å². The minimum Gasteiger partial charge on any atom is -0.507 e. The molecular formula is C14H21NO4S. The predicted molar refractivity (Wildman–Crippen MR) is 76.1 cm³/mol. The quantitative estimate of drug-likeness (QED) is 0.834. The Morgan fingerprint density at radius 1 is 1.40 bits per heavy atom. The molecule has 0 bridgehead atoms. The number of hydrogen-bond acceptors (Lipinski definition) is 4. The van der Waals surface area contributed by atoms with E-state index in [-0.39, 0.29) is 16.7 Å². The number of sulfonamides is 1. The molecule has 0 aromatic heterocycles. The molecular weight excluding hydrogens is 278 g/mol. The van der Waals surface area contributed by atoms with E-state index in [2.05, 4.69) is 0 Å². The molecule has 1 aliphatic rings. The van der Waals surface area contributed by atoms with E-state index in [1.54, 1.807) is 19.2 Å². The van der Waals surface area contributed by atoms with E-state index in [0.29, 0.717) is 19.1 Å². The first-order valence-corrected chi connectivity index (χ1v) is 8.21. The zero-order valence-electron chi connectivity index (χ0n) is 11.8. The maximum Gasteiger partial charge on any atom is 0.247 e. The van der Waals surface area contributed by atoms with Gasteiger partial charge < -0.3 is 9.84 Å². The van der Waals surface area contributed by atoms with Crippen molar-refractivity contribution < 1.29 is 18.3 Å². The number of benzene rings is 1. The Morgan fingerprint density at radius 2 is 2.05 bits per heavy atom. The zero-order valence-corrected chi connectivity index (χ0v) is 12.6. The van der Waals surface area contributed by atoms with Gasteiger partial charge in [-0.2, -0.15) is 4.31 Å². The largest absolute Gasteiger partial charge is 0.507 e. The van der Waals surface area contributed by atoms with Gasteiger partial charge in [-0.3, -0.25) is 0 Å². The first-order valence-electron chi connectivity index (χ1n) is 6.77. The van der Waals surface area contributed by atoms with E-state index < -0.39 is 10.0 Å². The van der Waals surface area contributed by atoms with Crippen molar-refractivity contribution in [2.24, 2.45) is 5.92 Å². The SMILES string of the molecule is COCCN(C(C)C1CC1)S(=O)(=O)c1ccccc1O. The topological polar surface area (TPSA) is 66.8 Å². The number of ether oxygens (including phenoxy) is 1. The van der Waals surface area contributed by atoms with E-state index in [4.69, 9.17) is 4.74 Å². The first-order chi connectivity index (χ1) is 9.48. The van der Waals surface area contributed by atoms with Crippen LogP contribution in [0, 0.1) is 5.92 Å². The molecule has 5 nitrogen and oxygen atoms in total. The van der Waals surface area contributed by atoms with Crippen LogP contribution in [-0.2, 0) is 14.8 Å². The second-order valence-corrected chi connectivity index (χ2v) is 7.01. The fraction of sp³-hybridized carbons (Fsp3) is 0.571. The summed E-state index contributed by atoms with van der Waals surface area (Å²) in [5.74, 6) is 0.199. The normalized spacial score (nSPS) is 17.4. The van der Waals surface area contributed by atoms with Gasteiger partial charge in [0.2, 0.25) is 10.0 Å². The van der Waals surface area contributed by atoms with Gasteiger partial charge in [-0.15, -0.1) is 0 Å². The summed E-state index contributed by atoms with van der Waals surface area (Å²) in [5, 5.41) is 9.82. The molecule has 1 aliphatic carbocycles. The van der Waals surface area contributed by atoms with Crippen LogP contribution in [0.1, 0.15) is 19.8 Å². The van der Waals surface area contributed by atoms with Gasteiger partial charge in [0, 0.05) is 19.7 Å². The Bertz CT molecular complexity index is 554. The Balaban J connectivity index is 2.33. The summed E-state index contributed by atoms with van der Waals surface area (Å²) < 4.78 is 31.9. The highest BCUT2D eigenvalue weighted by Gasteiger charge is 2.38. The number of para-hydroxylation sites is 1. The molecule has 0 radical (unpaired) electrons. The molecule has 1 aromatic carbocycles. The van der Waals surface area contributed by atoms with E-state index in [9.17, 15) is 13.5 Å². The fourth-order valence-corrected chi connectivity index (χ4v) is 4.10. The van der Waals surface area contributed by atoms with Gasteiger partial charge in [0.05, 0.1) is 6.61 Å². The van der Waals surface area contributed by atoms with Crippen molar-refractivity contribution in [1.29, 1.82) is 0 Å². The van der Waals surface area contributed by atoms with E-state index in [1.165, 1.54) is 16.4 Å². The van der Waals surface area contributed by atoms with Gasteiger partial charge in [-0.1, -0.05) is 12.1 Å². The van der Waals surface area contributed by atoms with E-state index >= 15 is 0 Å². The Morgan fingerprint density at radius 3 is 2.60 bits per heavy atom. The fourth-order valence-electron chi connectivity index (χ4n) is 2.34. The molecule has 20 heavy (non-hydrogen) atoms. The van der Waals surface area contributed by atoms with Gasteiger partial charge in [0.1, 0.15) is 10.6 Å². The average molecular weight is 299 g/mol. The highest BCUT2D eigenvalue weighted by Crippen LogP contribution is 2.38. The maximum atomic E-state index is 12.7. The van der Waals surface area contributed by atoms with Gasteiger partial charge in [-0.05, 0) is 37.8 Å². The lowest BCUT2D eigenvalue weighted by molar-refractivity contribution is 0.164. The molecule has 0 amide bonds. The number of rotatable bonds is 7. The van der Waals surface area contributed by atoms with Crippen molar-refractivity contribution in [3.05, 3.63) is 24.3 Å². The van der Waals surface area contributed by atoms with E-state index in [0.717, 1.165) is 12.8 Å². The molecule has 1 N–H and O–H groups in total. The molecule has 0 spiro atoms. The van der Waals surface area contributed by atoms with Crippen LogP contribution in [0.25, 0.3) is 0 Å². The average Bonchev–Trinajstić information content (AvgIpc) is 3.23. The summed E-state index contributed by atoms with van der Waals surface area (Å²) in [4.78, 5) is -0.0383. The Hall–Kier alpha value is -1.11. The van der Waals surface area contributed by atoms with Crippen LogP contribution in [0.15, 0.2) is 29.2 Å². The smallest absolute Gasteiger partial charge is 0.247 e. The van der Waals surface area contributed by atoms with Crippen molar-refractivity contribution in [3.63, 3.8) is 0 Å². The van der Waals surface area contributed by atoms with Crippen molar-refractivity contribution in [2.45, 2.75) is 30.7 Å². The Labute approximate surface area is 120 Å². The molecule has 1 saturated carbocycles. The molecule has 2 rings (SSSR count). The number of aromatic hydroxyl groups is 1. The summed E-state index contributed by atoms with van der Waals surface area (Å²) in [6.07, 6.45) is 2.11. The maximum absolute atomic E-state index is 12.7. The van der Waals surface area contributed by atoms with Gasteiger partial charge in [0.25, 0.3) is 0 Å². The molecule has 1 fully saturated rings. The molecule has 0 saturated heterocycles. The molecule has 1 aromatic rings. The van der Waals surface area contributed by atoms with Gasteiger partial charge in [0.15, 0.2) is 0 Å². The molecule has 0 aliphatic heterocycles. The number of hydrogen-bond donors (Lipinski definition) is 1. The minimum atomic E-state index is -3.70. The van der Waals surface area contributed by atoms with Crippen LogP contribution >= 0.6 is 0 Å². The van der Waals surface area contributed by atoms with Crippen molar-refractivity contribution >= 4 is 10.0 Å².